The van der Waals surface area contributed by atoms with Crippen LogP contribution in [0.5, 0.6) is 0 Å². The van der Waals surface area contributed by atoms with Crippen LogP contribution in [-0.2, 0) is 16.4 Å². The van der Waals surface area contributed by atoms with E-state index in [0.29, 0.717) is 23.5 Å². The Labute approximate surface area is 203 Å². The molecule has 0 bridgehead atoms. The Morgan fingerprint density at radius 3 is 2.34 bits per heavy atom. The average molecular weight is 499 g/mol. The highest BCUT2D eigenvalue weighted by molar-refractivity contribution is 7.89. The van der Waals surface area contributed by atoms with E-state index in [2.05, 4.69) is 15.0 Å². The Bertz CT molecular complexity index is 1340. The van der Waals surface area contributed by atoms with E-state index in [1.165, 1.54) is 27.7 Å². The monoisotopic (exact) mass is 498 g/mol. The van der Waals surface area contributed by atoms with Crippen LogP contribution in [0, 0.1) is 5.82 Å². The first-order valence-electron chi connectivity index (χ1n) is 11.4. The second-order valence-electron chi connectivity index (χ2n) is 8.16. The lowest BCUT2D eigenvalue weighted by molar-refractivity contribution is 0.0693. The maximum atomic E-state index is 15.2. The highest BCUT2D eigenvalue weighted by Crippen LogP contribution is 2.33. The summed E-state index contributed by atoms with van der Waals surface area (Å²) in [5.74, 6) is -0.752. The molecule has 0 aliphatic carbocycles. The molecular weight excluding hydrogens is 471 g/mol. The third-order valence-corrected chi connectivity index (χ3v) is 7.97. The first-order valence-corrected chi connectivity index (χ1v) is 13.0. The van der Waals surface area contributed by atoms with Gasteiger partial charge in [0.2, 0.25) is 10.0 Å². The number of nitrogen functional groups attached to an aromatic ring is 1. The summed E-state index contributed by atoms with van der Waals surface area (Å²) in [6.07, 6.45) is 3.69. The third kappa shape index (κ3) is 5.01. The molecule has 0 unspecified atom stereocenters. The molecule has 0 saturated carbocycles. The molecule has 11 heteroatoms. The predicted octanol–water partition coefficient (Wildman–Crippen LogP) is 2.60. The van der Waals surface area contributed by atoms with E-state index in [1.807, 2.05) is 13.0 Å². The summed E-state index contributed by atoms with van der Waals surface area (Å²) in [6.45, 7) is 4.36. The third-order valence-electron chi connectivity index (χ3n) is 6.09. The first kappa shape index (κ1) is 24.7. The second-order valence-corrected chi connectivity index (χ2v) is 10.4. The molecule has 1 amide bonds. The van der Waals surface area contributed by atoms with Gasteiger partial charge in [-0.2, -0.15) is 4.31 Å². The number of piperazine rings is 1. The van der Waals surface area contributed by atoms with Gasteiger partial charge in [0.15, 0.2) is 0 Å². The van der Waals surface area contributed by atoms with Crippen LogP contribution in [0.2, 0.25) is 0 Å². The highest BCUT2D eigenvalue weighted by atomic mass is 32.2. The molecule has 9 nitrogen and oxygen atoms in total. The van der Waals surface area contributed by atoms with Crippen molar-refractivity contribution in [3.63, 3.8) is 0 Å². The van der Waals surface area contributed by atoms with Crippen LogP contribution in [0.25, 0.3) is 22.4 Å². The lowest BCUT2D eigenvalue weighted by atomic mass is 9.96. The summed E-state index contributed by atoms with van der Waals surface area (Å²) in [5, 5.41) is 0. The Hall–Kier alpha value is -3.44. The van der Waals surface area contributed by atoms with Crippen LogP contribution in [0.3, 0.4) is 0 Å². The largest absolute Gasteiger partial charge is 0.384 e. The molecule has 2 N–H and O–H groups in total. The maximum Gasteiger partial charge on any atom is 0.256 e. The molecule has 184 valence electrons. The van der Waals surface area contributed by atoms with Crippen molar-refractivity contribution in [1.29, 1.82) is 0 Å². The van der Waals surface area contributed by atoms with Crippen molar-refractivity contribution in [2.24, 2.45) is 0 Å². The number of carbonyl (C=O) groups excluding carboxylic acids is 1. The van der Waals surface area contributed by atoms with Crippen molar-refractivity contribution < 1.29 is 17.6 Å². The molecule has 1 fully saturated rings. The van der Waals surface area contributed by atoms with Gasteiger partial charge in [-0.05, 0) is 37.6 Å². The molecular formula is C24H27FN6O3S. The Kier molecular flexibility index (Phi) is 7.08. The van der Waals surface area contributed by atoms with Gasteiger partial charge in [-0.1, -0.05) is 13.0 Å². The number of benzene rings is 1. The zero-order valence-electron chi connectivity index (χ0n) is 19.6. The van der Waals surface area contributed by atoms with Crippen LogP contribution >= 0.6 is 0 Å². The van der Waals surface area contributed by atoms with Gasteiger partial charge in [-0.3, -0.25) is 4.79 Å². The Morgan fingerprint density at radius 1 is 1.03 bits per heavy atom. The van der Waals surface area contributed by atoms with Gasteiger partial charge in [0.25, 0.3) is 5.91 Å². The number of carbonyl (C=O) groups is 1. The van der Waals surface area contributed by atoms with Gasteiger partial charge in [0, 0.05) is 49.1 Å². The SMILES string of the molecule is CCc1ncnc(-c2ccc(C(=O)N3CCN(S(=O)(=O)CC)CC3)c(F)c2)c1-c1ccc(N)nc1. The average Bonchev–Trinajstić information content (AvgIpc) is 2.88. The number of hydrogen-bond donors (Lipinski definition) is 1. The Balaban J connectivity index is 1.62. The topological polar surface area (TPSA) is 122 Å². The van der Waals surface area contributed by atoms with Gasteiger partial charge >= 0.3 is 0 Å². The van der Waals surface area contributed by atoms with Crippen LogP contribution in [-0.4, -0.2) is 70.4 Å². The molecule has 0 radical (unpaired) electrons. The van der Waals surface area contributed by atoms with Crippen molar-refractivity contribution in [2.75, 3.05) is 37.7 Å². The number of aryl methyl sites for hydroxylation is 1. The van der Waals surface area contributed by atoms with E-state index < -0.39 is 21.7 Å². The fourth-order valence-electron chi connectivity index (χ4n) is 4.12. The zero-order valence-corrected chi connectivity index (χ0v) is 20.4. The molecule has 4 rings (SSSR count). The number of anilines is 1. The van der Waals surface area contributed by atoms with Gasteiger partial charge < -0.3 is 10.6 Å². The number of amides is 1. The van der Waals surface area contributed by atoms with E-state index in [1.54, 1.807) is 25.3 Å². The second kappa shape index (κ2) is 10.0. The number of sulfonamides is 1. The highest BCUT2D eigenvalue weighted by Gasteiger charge is 2.29. The molecule has 0 spiro atoms. The van der Waals surface area contributed by atoms with Gasteiger partial charge in [0.1, 0.15) is 18.0 Å². The summed E-state index contributed by atoms with van der Waals surface area (Å²) < 4.78 is 40.7. The number of hydrogen-bond acceptors (Lipinski definition) is 7. The van der Waals surface area contributed by atoms with E-state index in [4.69, 9.17) is 5.73 Å². The van der Waals surface area contributed by atoms with Gasteiger partial charge in [0.05, 0.1) is 22.7 Å². The number of halogens is 1. The maximum absolute atomic E-state index is 15.2. The number of rotatable bonds is 6. The molecule has 1 saturated heterocycles. The number of aromatic nitrogens is 3. The minimum atomic E-state index is -3.32. The minimum absolute atomic E-state index is 0.00818. The summed E-state index contributed by atoms with van der Waals surface area (Å²) >= 11 is 0. The number of nitrogens with two attached hydrogens (primary N) is 1. The lowest BCUT2D eigenvalue weighted by Gasteiger charge is -2.33. The molecule has 0 atom stereocenters. The van der Waals surface area contributed by atoms with Crippen molar-refractivity contribution in [1.82, 2.24) is 24.2 Å². The molecule has 2 aromatic heterocycles. The fraction of sp³-hybridized carbons (Fsp3) is 0.333. The standard InChI is InChI=1S/C24H27FN6O3S/c1-3-20-22(17-6-8-21(26)27-14-17)23(29-15-28-20)16-5-7-18(19(25)13-16)24(32)30-9-11-31(12-10-30)35(33,34)4-2/h5-8,13-15H,3-4,9-12H2,1-2H3,(H2,26,27). The molecule has 3 heterocycles. The van der Waals surface area contributed by atoms with E-state index >= 15 is 4.39 Å². The number of nitrogens with zero attached hydrogens (tertiary/aromatic N) is 5. The van der Waals surface area contributed by atoms with Crippen molar-refractivity contribution in [3.8, 4) is 22.4 Å². The molecule has 1 aromatic carbocycles. The lowest BCUT2D eigenvalue weighted by Crippen LogP contribution is -2.51. The normalized spacial score (nSPS) is 14.8. The number of pyridine rings is 1. The zero-order chi connectivity index (χ0) is 25.2. The van der Waals surface area contributed by atoms with E-state index in [0.717, 1.165) is 16.8 Å². The molecule has 1 aliphatic rings. The Morgan fingerprint density at radius 2 is 1.74 bits per heavy atom. The van der Waals surface area contributed by atoms with Crippen molar-refractivity contribution in [3.05, 3.63) is 59.9 Å². The molecule has 35 heavy (non-hydrogen) atoms. The summed E-state index contributed by atoms with van der Waals surface area (Å²) in [4.78, 5) is 27.4. The smallest absolute Gasteiger partial charge is 0.256 e. The summed E-state index contributed by atoms with van der Waals surface area (Å²) in [5.41, 5.74) is 8.95. The van der Waals surface area contributed by atoms with Crippen LogP contribution < -0.4 is 5.73 Å². The summed E-state index contributed by atoms with van der Waals surface area (Å²) in [7, 11) is -3.32. The quantitative estimate of drug-likeness (QED) is 0.554. The van der Waals surface area contributed by atoms with E-state index in [9.17, 15) is 13.2 Å². The summed E-state index contributed by atoms with van der Waals surface area (Å²) in [6, 6.07) is 7.89. The fourth-order valence-corrected chi connectivity index (χ4v) is 5.21. The van der Waals surface area contributed by atoms with Gasteiger partial charge in [-0.25, -0.2) is 27.8 Å². The molecule has 3 aromatic rings. The van der Waals surface area contributed by atoms with Gasteiger partial charge in [-0.15, -0.1) is 0 Å². The van der Waals surface area contributed by atoms with Crippen molar-refractivity contribution >= 4 is 21.7 Å². The van der Waals surface area contributed by atoms with E-state index in [-0.39, 0.29) is 37.5 Å². The predicted molar refractivity (Wildman–Crippen MR) is 131 cm³/mol. The van der Waals surface area contributed by atoms with Crippen LogP contribution in [0.15, 0.2) is 42.9 Å². The van der Waals surface area contributed by atoms with Crippen molar-refractivity contribution in [2.45, 2.75) is 20.3 Å². The van der Waals surface area contributed by atoms with Crippen LogP contribution in [0.4, 0.5) is 10.2 Å². The minimum Gasteiger partial charge on any atom is -0.384 e. The first-order chi connectivity index (χ1) is 16.7. The van der Waals surface area contributed by atoms with Crippen LogP contribution in [0.1, 0.15) is 29.9 Å². The molecule has 1 aliphatic heterocycles.